The van der Waals surface area contributed by atoms with Gasteiger partial charge in [0.25, 0.3) is 0 Å². The van der Waals surface area contributed by atoms with Crippen LogP contribution in [0.25, 0.3) is 0 Å². The number of nitrogens with one attached hydrogen (secondary N) is 1. The summed E-state index contributed by atoms with van der Waals surface area (Å²) in [7, 11) is 0. The van der Waals surface area contributed by atoms with Gasteiger partial charge >= 0.3 is 0 Å². The highest BCUT2D eigenvalue weighted by molar-refractivity contribution is 5.65. The average molecular weight is 222 g/mol. The van der Waals surface area contributed by atoms with Gasteiger partial charge in [-0.15, -0.1) is 5.10 Å². The van der Waals surface area contributed by atoms with E-state index < -0.39 is 0 Å². The zero-order valence-electron chi connectivity index (χ0n) is 8.47. The van der Waals surface area contributed by atoms with E-state index in [4.69, 9.17) is 5.73 Å². The van der Waals surface area contributed by atoms with E-state index in [0.29, 0.717) is 24.5 Å². The van der Waals surface area contributed by atoms with Gasteiger partial charge in [0, 0.05) is 6.54 Å². The first kappa shape index (κ1) is 10.3. The number of halogens is 1. The molecule has 2 rings (SSSR count). The lowest BCUT2D eigenvalue weighted by atomic mass is 10.2. The van der Waals surface area contributed by atoms with Gasteiger partial charge in [0.2, 0.25) is 0 Å². The molecule has 0 atom stereocenters. The summed E-state index contributed by atoms with van der Waals surface area (Å²) in [5.41, 5.74) is 6.72. The van der Waals surface area contributed by atoms with Crippen molar-refractivity contribution in [3.63, 3.8) is 0 Å². The Morgan fingerprint density at radius 1 is 1.44 bits per heavy atom. The van der Waals surface area contributed by atoms with Crippen LogP contribution in [-0.2, 0) is 6.54 Å². The van der Waals surface area contributed by atoms with Gasteiger partial charge in [0.1, 0.15) is 12.1 Å². The van der Waals surface area contributed by atoms with Gasteiger partial charge in [-0.3, -0.25) is 0 Å². The van der Waals surface area contributed by atoms with Crippen molar-refractivity contribution in [2.75, 3.05) is 17.6 Å². The summed E-state index contributed by atoms with van der Waals surface area (Å²) in [5.74, 6) is -0.344. The standard InChI is InChI=1S/C9H11FN6/c10-7-1-2-9(8(11)5-7)12-3-4-16-6-13-14-15-16/h1-2,5-6,12H,3-4,11H2. The molecule has 0 spiro atoms. The molecule has 0 amide bonds. The molecule has 7 heteroatoms. The highest BCUT2D eigenvalue weighted by Gasteiger charge is 2.00. The number of nitrogen functional groups attached to an aromatic ring is 1. The number of hydrogen-bond donors (Lipinski definition) is 2. The van der Waals surface area contributed by atoms with Gasteiger partial charge < -0.3 is 11.1 Å². The topological polar surface area (TPSA) is 81.6 Å². The van der Waals surface area contributed by atoms with Gasteiger partial charge in [-0.1, -0.05) is 0 Å². The molecule has 0 aliphatic carbocycles. The third-order valence-electron chi connectivity index (χ3n) is 2.06. The van der Waals surface area contributed by atoms with Crippen LogP contribution in [0.4, 0.5) is 15.8 Å². The van der Waals surface area contributed by atoms with E-state index in [9.17, 15) is 4.39 Å². The second-order valence-electron chi connectivity index (χ2n) is 3.23. The van der Waals surface area contributed by atoms with Crippen molar-refractivity contribution >= 4 is 11.4 Å². The van der Waals surface area contributed by atoms with Crippen LogP contribution < -0.4 is 11.1 Å². The minimum atomic E-state index is -0.344. The fraction of sp³-hybridized carbons (Fsp3) is 0.222. The van der Waals surface area contributed by atoms with Gasteiger partial charge in [-0.05, 0) is 28.6 Å². The zero-order valence-corrected chi connectivity index (χ0v) is 8.47. The summed E-state index contributed by atoms with van der Waals surface area (Å²) in [6.45, 7) is 1.23. The molecule has 0 fully saturated rings. The predicted octanol–water partition coefficient (Wildman–Crippen LogP) is 0.506. The highest BCUT2D eigenvalue weighted by atomic mass is 19.1. The number of nitrogens with two attached hydrogens (primary N) is 1. The lowest BCUT2D eigenvalue weighted by Crippen LogP contribution is -2.12. The Balaban J connectivity index is 1.90. The minimum Gasteiger partial charge on any atom is -0.397 e. The smallest absolute Gasteiger partial charge is 0.138 e. The molecule has 3 N–H and O–H groups in total. The number of anilines is 2. The third kappa shape index (κ3) is 2.44. The first-order valence-electron chi connectivity index (χ1n) is 4.75. The molecule has 84 valence electrons. The van der Waals surface area contributed by atoms with E-state index in [1.54, 1.807) is 10.7 Å². The van der Waals surface area contributed by atoms with Crippen LogP contribution in [0.1, 0.15) is 0 Å². The number of tetrazole rings is 1. The Bertz CT molecular complexity index is 455. The number of benzene rings is 1. The van der Waals surface area contributed by atoms with Crippen molar-refractivity contribution in [3.05, 3.63) is 30.3 Å². The number of rotatable bonds is 4. The predicted molar refractivity (Wildman–Crippen MR) is 57.1 cm³/mol. The second kappa shape index (κ2) is 4.56. The van der Waals surface area contributed by atoms with E-state index in [2.05, 4.69) is 20.8 Å². The molecular formula is C9H11FN6. The highest BCUT2D eigenvalue weighted by Crippen LogP contribution is 2.18. The van der Waals surface area contributed by atoms with Crippen LogP contribution in [0.5, 0.6) is 0 Å². The van der Waals surface area contributed by atoms with Crippen LogP contribution in [-0.4, -0.2) is 26.8 Å². The summed E-state index contributed by atoms with van der Waals surface area (Å²) in [6.07, 6.45) is 1.52. The molecular weight excluding hydrogens is 211 g/mol. The first-order chi connectivity index (χ1) is 7.75. The molecule has 0 radical (unpaired) electrons. The lowest BCUT2D eigenvalue weighted by Gasteiger charge is -2.08. The Morgan fingerprint density at radius 3 is 3.00 bits per heavy atom. The van der Waals surface area contributed by atoms with Gasteiger partial charge in [0.15, 0.2) is 0 Å². The Kier molecular flexibility index (Phi) is 2.95. The van der Waals surface area contributed by atoms with E-state index in [-0.39, 0.29) is 5.82 Å². The molecule has 1 aromatic heterocycles. The molecule has 6 nitrogen and oxygen atoms in total. The van der Waals surface area contributed by atoms with E-state index >= 15 is 0 Å². The van der Waals surface area contributed by atoms with E-state index in [1.807, 2.05) is 0 Å². The van der Waals surface area contributed by atoms with Crippen molar-refractivity contribution in [3.8, 4) is 0 Å². The molecule has 0 unspecified atom stereocenters. The van der Waals surface area contributed by atoms with Crippen LogP contribution in [0.2, 0.25) is 0 Å². The number of aromatic nitrogens is 4. The van der Waals surface area contributed by atoms with Crippen LogP contribution in [0, 0.1) is 5.82 Å². The molecule has 0 saturated carbocycles. The summed E-state index contributed by atoms with van der Waals surface area (Å²) in [5, 5.41) is 13.8. The molecule has 0 aliphatic rings. The molecule has 2 aromatic rings. The first-order valence-corrected chi connectivity index (χ1v) is 4.75. The van der Waals surface area contributed by atoms with E-state index in [1.165, 1.54) is 18.5 Å². The molecule has 1 heterocycles. The Hall–Kier alpha value is -2.18. The average Bonchev–Trinajstić information content (AvgIpc) is 2.74. The summed E-state index contributed by atoms with van der Waals surface area (Å²) in [6, 6.07) is 4.24. The molecule has 1 aromatic carbocycles. The van der Waals surface area contributed by atoms with Crippen molar-refractivity contribution in [1.82, 2.24) is 20.2 Å². The summed E-state index contributed by atoms with van der Waals surface area (Å²) < 4.78 is 14.3. The maximum Gasteiger partial charge on any atom is 0.138 e. The van der Waals surface area contributed by atoms with E-state index in [0.717, 1.165) is 0 Å². The van der Waals surface area contributed by atoms with Gasteiger partial charge in [0.05, 0.1) is 17.9 Å². The molecule has 0 bridgehead atoms. The molecule has 16 heavy (non-hydrogen) atoms. The largest absolute Gasteiger partial charge is 0.397 e. The number of nitrogens with zero attached hydrogens (tertiary/aromatic N) is 4. The fourth-order valence-corrected chi connectivity index (χ4v) is 1.28. The SMILES string of the molecule is Nc1cc(F)ccc1NCCn1cnnn1. The Morgan fingerprint density at radius 2 is 2.31 bits per heavy atom. The van der Waals surface area contributed by atoms with Crippen molar-refractivity contribution in [2.45, 2.75) is 6.54 Å². The normalized spacial score (nSPS) is 10.3. The monoisotopic (exact) mass is 222 g/mol. The fourth-order valence-electron chi connectivity index (χ4n) is 1.28. The summed E-state index contributed by atoms with van der Waals surface area (Å²) >= 11 is 0. The van der Waals surface area contributed by atoms with Crippen molar-refractivity contribution in [1.29, 1.82) is 0 Å². The van der Waals surface area contributed by atoms with Crippen LogP contribution in [0.15, 0.2) is 24.5 Å². The number of hydrogen-bond acceptors (Lipinski definition) is 5. The van der Waals surface area contributed by atoms with Crippen LogP contribution >= 0.6 is 0 Å². The van der Waals surface area contributed by atoms with Gasteiger partial charge in [-0.25, -0.2) is 9.07 Å². The molecule has 0 saturated heterocycles. The maximum atomic E-state index is 12.8. The lowest BCUT2D eigenvalue weighted by molar-refractivity contribution is 0.608. The van der Waals surface area contributed by atoms with Crippen LogP contribution in [0.3, 0.4) is 0 Å². The van der Waals surface area contributed by atoms with Gasteiger partial charge in [-0.2, -0.15) is 0 Å². The Labute approximate surface area is 91.3 Å². The molecule has 0 aliphatic heterocycles. The zero-order chi connectivity index (χ0) is 11.4. The minimum absolute atomic E-state index is 0.344. The van der Waals surface area contributed by atoms with Crippen molar-refractivity contribution in [2.24, 2.45) is 0 Å². The third-order valence-corrected chi connectivity index (χ3v) is 2.06. The maximum absolute atomic E-state index is 12.8. The second-order valence-corrected chi connectivity index (χ2v) is 3.23. The van der Waals surface area contributed by atoms with Crippen molar-refractivity contribution < 1.29 is 4.39 Å². The summed E-state index contributed by atoms with van der Waals surface area (Å²) in [4.78, 5) is 0. The quantitative estimate of drug-likeness (QED) is 0.736.